The molecular formula is C14H30N4O. The molecule has 112 valence electrons. The number of amides is 1. The highest BCUT2D eigenvalue weighted by atomic mass is 16.1. The number of nitrogens with one attached hydrogen (secondary N) is 1. The molecule has 1 aliphatic heterocycles. The predicted octanol–water partition coefficient (Wildman–Crippen LogP) is 0.256. The van der Waals surface area contributed by atoms with E-state index in [9.17, 15) is 4.79 Å². The third-order valence-electron chi connectivity index (χ3n) is 4.29. The van der Waals surface area contributed by atoms with Crippen LogP contribution in [-0.2, 0) is 4.79 Å². The monoisotopic (exact) mass is 270 g/mol. The Labute approximate surface area is 117 Å². The molecule has 1 fully saturated rings. The highest BCUT2D eigenvalue weighted by Gasteiger charge is 2.43. The largest absolute Gasteiger partial charge is 0.368 e. The van der Waals surface area contributed by atoms with Crippen molar-refractivity contribution in [2.24, 2.45) is 5.73 Å². The molecule has 1 rings (SSSR count). The molecule has 1 aliphatic rings. The van der Waals surface area contributed by atoms with Crippen molar-refractivity contribution >= 4 is 5.91 Å². The zero-order valence-corrected chi connectivity index (χ0v) is 12.9. The first-order chi connectivity index (χ1) is 8.95. The number of likely N-dealkylation sites (tertiary alicyclic amines) is 1. The van der Waals surface area contributed by atoms with E-state index in [1.54, 1.807) is 0 Å². The number of carbonyl (C=O) groups is 1. The number of hydrogen-bond acceptors (Lipinski definition) is 4. The van der Waals surface area contributed by atoms with Crippen LogP contribution in [-0.4, -0.2) is 66.6 Å². The second-order valence-electron chi connectivity index (χ2n) is 5.71. The van der Waals surface area contributed by atoms with Gasteiger partial charge in [0, 0.05) is 32.2 Å². The Morgan fingerprint density at radius 2 is 2.05 bits per heavy atom. The van der Waals surface area contributed by atoms with Gasteiger partial charge in [0.1, 0.15) is 5.54 Å². The normalized spacial score (nSPS) is 24.5. The Morgan fingerprint density at radius 3 is 2.47 bits per heavy atom. The zero-order valence-electron chi connectivity index (χ0n) is 12.9. The van der Waals surface area contributed by atoms with Gasteiger partial charge in [0.25, 0.3) is 0 Å². The van der Waals surface area contributed by atoms with E-state index in [2.05, 4.69) is 42.8 Å². The van der Waals surface area contributed by atoms with Gasteiger partial charge in [-0.3, -0.25) is 9.69 Å². The summed E-state index contributed by atoms with van der Waals surface area (Å²) in [7, 11) is 0. The van der Waals surface area contributed by atoms with Gasteiger partial charge < -0.3 is 16.0 Å². The molecule has 5 nitrogen and oxygen atoms in total. The summed E-state index contributed by atoms with van der Waals surface area (Å²) in [4.78, 5) is 16.5. The molecule has 0 aromatic carbocycles. The van der Waals surface area contributed by atoms with Crippen molar-refractivity contribution in [3.8, 4) is 0 Å². The molecule has 0 aliphatic carbocycles. The van der Waals surface area contributed by atoms with E-state index in [1.165, 1.54) is 0 Å². The minimum atomic E-state index is -0.530. The van der Waals surface area contributed by atoms with Crippen LogP contribution >= 0.6 is 0 Å². The van der Waals surface area contributed by atoms with E-state index >= 15 is 0 Å². The number of nitrogens with zero attached hydrogens (tertiary/aromatic N) is 2. The van der Waals surface area contributed by atoms with E-state index in [4.69, 9.17) is 5.73 Å². The van der Waals surface area contributed by atoms with Crippen LogP contribution in [0.15, 0.2) is 0 Å². The molecule has 1 unspecified atom stereocenters. The van der Waals surface area contributed by atoms with Crippen LogP contribution in [0.25, 0.3) is 0 Å². The maximum atomic E-state index is 11.8. The minimum Gasteiger partial charge on any atom is -0.368 e. The molecule has 0 bridgehead atoms. The fourth-order valence-corrected chi connectivity index (χ4v) is 2.71. The number of carbonyl (C=O) groups excluding carboxylic acids is 1. The van der Waals surface area contributed by atoms with Crippen molar-refractivity contribution in [2.75, 3.05) is 39.3 Å². The average Bonchev–Trinajstić information content (AvgIpc) is 2.81. The molecule has 0 aromatic rings. The number of likely N-dealkylation sites (N-methyl/N-ethyl adjacent to an activating group) is 1. The topological polar surface area (TPSA) is 61.6 Å². The first-order valence-corrected chi connectivity index (χ1v) is 7.46. The standard InChI is InChI=1S/C14H30N4O/c1-5-17(6-2)10-8-16-14(13(15)19)7-9-18(11-14)12(3)4/h12,16H,5-11H2,1-4H3,(H2,15,19). The van der Waals surface area contributed by atoms with Crippen molar-refractivity contribution in [1.82, 2.24) is 15.1 Å². The predicted molar refractivity (Wildman–Crippen MR) is 79.0 cm³/mol. The van der Waals surface area contributed by atoms with Gasteiger partial charge in [-0.2, -0.15) is 0 Å². The number of primary amides is 1. The first-order valence-electron chi connectivity index (χ1n) is 7.46. The van der Waals surface area contributed by atoms with Crippen LogP contribution in [0, 0.1) is 0 Å². The number of nitrogens with two attached hydrogens (primary N) is 1. The van der Waals surface area contributed by atoms with Crippen LogP contribution < -0.4 is 11.1 Å². The maximum absolute atomic E-state index is 11.8. The Hall–Kier alpha value is -0.650. The van der Waals surface area contributed by atoms with Gasteiger partial charge in [0.05, 0.1) is 0 Å². The van der Waals surface area contributed by atoms with Gasteiger partial charge in [-0.25, -0.2) is 0 Å². The van der Waals surface area contributed by atoms with Crippen molar-refractivity contribution < 1.29 is 4.79 Å². The quantitative estimate of drug-likeness (QED) is 0.664. The van der Waals surface area contributed by atoms with Crippen molar-refractivity contribution in [3.05, 3.63) is 0 Å². The van der Waals surface area contributed by atoms with Gasteiger partial charge >= 0.3 is 0 Å². The molecule has 0 spiro atoms. The zero-order chi connectivity index (χ0) is 14.5. The molecule has 0 saturated carbocycles. The lowest BCUT2D eigenvalue weighted by Crippen LogP contribution is -2.58. The Bertz CT molecular complexity index is 291. The van der Waals surface area contributed by atoms with Crippen LogP contribution in [0.4, 0.5) is 0 Å². The first kappa shape index (κ1) is 16.4. The molecule has 19 heavy (non-hydrogen) atoms. The van der Waals surface area contributed by atoms with Gasteiger partial charge in [0.2, 0.25) is 5.91 Å². The fourth-order valence-electron chi connectivity index (χ4n) is 2.71. The average molecular weight is 270 g/mol. The summed E-state index contributed by atoms with van der Waals surface area (Å²) in [5.74, 6) is -0.213. The lowest BCUT2D eigenvalue weighted by atomic mass is 9.97. The van der Waals surface area contributed by atoms with Gasteiger partial charge in [0.15, 0.2) is 0 Å². The molecule has 0 aromatic heterocycles. The molecule has 1 amide bonds. The van der Waals surface area contributed by atoms with E-state index in [1.807, 2.05) is 0 Å². The van der Waals surface area contributed by atoms with Crippen molar-refractivity contribution in [3.63, 3.8) is 0 Å². The summed E-state index contributed by atoms with van der Waals surface area (Å²) in [6.45, 7) is 14.2. The smallest absolute Gasteiger partial charge is 0.239 e. The molecule has 5 heteroatoms. The van der Waals surface area contributed by atoms with Gasteiger partial charge in [-0.1, -0.05) is 13.8 Å². The molecule has 1 atom stereocenters. The highest BCUT2D eigenvalue weighted by molar-refractivity contribution is 5.85. The molecular weight excluding hydrogens is 240 g/mol. The molecule has 1 heterocycles. The lowest BCUT2D eigenvalue weighted by molar-refractivity contribution is -0.124. The Morgan fingerprint density at radius 1 is 1.42 bits per heavy atom. The third kappa shape index (κ3) is 4.16. The van der Waals surface area contributed by atoms with Crippen LogP contribution in [0.3, 0.4) is 0 Å². The number of rotatable bonds is 8. The van der Waals surface area contributed by atoms with Gasteiger partial charge in [-0.15, -0.1) is 0 Å². The highest BCUT2D eigenvalue weighted by Crippen LogP contribution is 2.22. The Kier molecular flexibility index (Phi) is 6.23. The van der Waals surface area contributed by atoms with Crippen molar-refractivity contribution in [2.45, 2.75) is 45.7 Å². The van der Waals surface area contributed by atoms with E-state index < -0.39 is 5.54 Å². The van der Waals surface area contributed by atoms with Crippen LogP contribution in [0.2, 0.25) is 0 Å². The summed E-state index contributed by atoms with van der Waals surface area (Å²) in [5.41, 5.74) is 5.10. The summed E-state index contributed by atoms with van der Waals surface area (Å²) >= 11 is 0. The summed E-state index contributed by atoms with van der Waals surface area (Å²) in [5, 5.41) is 3.42. The van der Waals surface area contributed by atoms with Gasteiger partial charge in [-0.05, 0) is 33.4 Å². The van der Waals surface area contributed by atoms with E-state index in [0.717, 1.165) is 45.7 Å². The second-order valence-corrected chi connectivity index (χ2v) is 5.71. The summed E-state index contributed by atoms with van der Waals surface area (Å²) in [6.07, 6.45) is 0.818. The molecule has 0 radical (unpaired) electrons. The van der Waals surface area contributed by atoms with E-state index in [0.29, 0.717) is 6.04 Å². The molecule has 1 saturated heterocycles. The Balaban J connectivity index is 2.53. The SMILES string of the molecule is CCN(CC)CCNC1(C(N)=O)CCN(C(C)C)C1. The summed E-state index contributed by atoms with van der Waals surface area (Å²) < 4.78 is 0. The van der Waals surface area contributed by atoms with Crippen molar-refractivity contribution in [1.29, 1.82) is 0 Å². The summed E-state index contributed by atoms with van der Waals surface area (Å²) in [6, 6.07) is 0.464. The second kappa shape index (κ2) is 7.22. The minimum absolute atomic E-state index is 0.213. The third-order valence-corrected chi connectivity index (χ3v) is 4.29. The van der Waals surface area contributed by atoms with E-state index in [-0.39, 0.29) is 5.91 Å². The number of hydrogen-bond donors (Lipinski definition) is 2. The fraction of sp³-hybridized carbons (Fsp3) is 0.929. The lowest BCUT2D eigenvalue weighted by Gasteiger charge is -2.30. The van der Waals surface area contributed by atoms with Crippen LogP contribution in [0.5, 0.6) is 0 Å². The van der Waals surface area contributed by atoms with Crippen LogP contribution in [0.1, 0.15) is 34.1 Å². The maximum Gasteiger partial charge on any atom is 0.239 e. The molecule has 3 N–H and O–H groups in total.